The van der Waals surface area contributed by atoms with E-state index < -0.39 is 72.6 Å². The third-order valence-corrected chi connectivity index (χ3v) is 5.42. The van der Waals surface area contributed by atoms with Gasteiger partial charge in [0.25, 0.3) is 0 Å². The van der Waals surface area contributed by atoms with Crippen molar-refractivity contribution in [1.82, 2.24) is 21.3 Å². The molecule has 0 aliphatic carbocycles. The van der Waals surface area contributed by atoms with Crippen molar-refractivity contribution in [3.8, 4) is 5.75 Å². The number of carboxylic acid groups (broad SMARTS) is 2. The Morgan fingerprint density at radius 3 is 2.06 bits per heavy atom. The van der Waals surface area contributed by atoms with Gasteiger partial charge in [-0.05, 0) is 37.1 Å². The zero-order valence-electron chi connectivity index (χ0n) is 19.2. The first-order valence-electron chi connectivity index (χ1n) is 11.1. The lowest BCUT2D eigenvalue weighted by molar-refractivity contribution is -0.144. The Bertz CT molecular complexity index is 992. The number of hydrogen-bond donors (Lipinski definition) is 8. The number of phenolic OH excluding ortho intramolecular Hbond substituents is 1. The molecule has 14 nitrogen and oxygen atoms in total. The molecule has 1 aliphatic heterocycles. The largest absolute Gasteiger partial charge is 0.508 e. The highest BCUT2D eigenvalue weighted by molar-refractivity contribution is 5.96. The van der Waals surface area contributed by atoms with Crippen LogP contribution in [0.2, 0.25) is 0 Å². The molecule has 36 heavy (non-hydrogen) atoms. The van der Waals surface area contributed by atoms with Crippen molar-refractivity contribution in [2.45, 2.75) is 56.3 Å². The molecule has 4 amide bonds. The quantitative estimate of drug-likeness (QED) is 0.140. The second-order valence-corrected chi connectivity index (χ2v) is 8.31. The Kier molecular flexibility index (Phi) is 10.2. The van der Waals surface area contributed by atoms with E-state index in [1.807, 2.05) is 5.32 Å². The number of aromatic hydroxyl groups is 1. The molecule has 0 spiro atoms. The maximum Gasteiger partial charge on any atom is 0.326 e. The number of phenols is 1. The van der Waals surface area contributed by atoms with Crippen LogP contribution in [0.1, 0.15) is 31.2 Å². The summed E-state index contributed by atoms with van der Waals surface area (Å²) in [7, 11) is 0. The van der Waals surface area contributed by atoms with Crippen LogP contribution in [0, 0.1) is 0 Å². The van der Waals surface area contributed by atoms with Crippen molar-refractivity contribution in [3.05, 3.63) is 29.8 Å². The molecule has 0 bridgehead atoms. The molecular weight excluding hydrogens is 478 g/mol. The second-order valence-electron chi connectivity index (χ2n) is 8.31. The zero-order valence-corrected chi connectivity index (χ0v) is 19.2. The predicted molar refractivity (Wildman–Crippen MR) is 122 cm³/mol. The van der Waals surface area contributed by atoms with E-state index in [4.69, 9.17) is 5.73 Å². The molecule has 196 valence electrons. The monoisotopic (exact) mass is 507 g/mol. The van der Waals surface area contributed by atoms with Gasteiger partial charge in [-0.15, -0.1) is 0 Å². The molecule has 4 unspecified atom stereocenters. The van der Waals surface area contributed by atoms with E-state index in [-0.39, 0.29) is 12.2 Å². The van der Waals surface area contributed by atoms with Gasteiger partial charge in [-0.1, -0.05) is 12.1 Å². The highest BCUT2D eigenvalue weighted by atomic mass is 16.4. The summed E-state index contributed by atoms with van der Waals surface area (Å²) in [4.78, 5) is 72.1. The fourth-order valence-electron chi connectivity index (χ4n) is 3.59. The van der Waals surface area contributed by atoms with Gasteiger partial charge < -0.3 is 42.3 Å². The van der Waals surface area contributed by atoms with E-state index in [1.54, 1.807) is 0 Å². The van der Waals surface area contributed by atoms with Gasteiger partial charge in [0.2, 0.25) is 23.6 Å². The van der Waals surface area contributed by atoms with E-state index in [9.17, 15) is 44.1 Å². The molecule has 4 atom stereocenters. The van der Waals surface area contributed by atoms with Crippen molar-refractivity contribution in [2.24, 2.45) is 5.73 Å². The van der Waals surface area contributed by atoms with Gasteiger partial charge in [-0.2, -0.15) is 0 Å². The minimum atomic E-state index is -1.73. The molecule has 9 N–H and O–H groups in total. The van der Waals surface area contributed by atoms with E-state index >= 15 is 0 Å². The Balaban J connectivity index is 2.21. The standard InChI is InChI=1S/C22H29N5O9/c23-17(29)9-16(22(35)36)27-21(34)15(10-18(30)31)26-20(33)14(8-11-3-5-12(28)6-4-11)25-19(32)13-2-1-7-24-13/h3-6,13-16,24,28H,1-2,7-10H2,(H2,23,29)(H,25,32)(H,26,33)(H,27,34)(H,30,31)(H,35,36). The van der Waals surface area contributed by atoms with Gasteiger partial charge in [-0.3, -0.25) is 24.0 Å². The molecule has 1 saturated heterocycles. The Hall–Kier alpha value is -4.20. The van der Waals surface area contributed by atoms with Crippen LogP contribution in [0.5, 0.6) is 5.75 Å². The number of nitrogens with two attached hydrogens (primary N) is 1. The lowest BCUT2D eigenvalue weighted by Gasteiger charge is -2.24. The summed E-state index contributed by atoms with van der Waals surface area (Å²) in [5.41, 5.74) is 5.54. The molecule has 1 aliphatic rings. The Morgan fingerprint density at radius 2 is 1.53 bits per heavy atom. The van der Waals surface area contributed by atoms with Gasteiger partial charge in [0.15, 0.2) is 0 Å². The van der Waals surface area contributed by atoms with Crippen LogP contribution >= 0.6 is 0 Å². The average molecular weight is 508 g/mol. The lowest BCUT2D eigenvalue weighted by Crippen LogP contribution is -2.58. The number of rotatable bonds is 13. The van der Waals surface area contributed by atoms with Crippen LogP contribution in [0.15, 0.2) is 24.3 Å². The van der Waals surface area contributed by atoms with Crippen molar-refractivity contribution in [3.63, 3.8) is 0 Å². The van der Waals surface area contributed by atoms with Crippen molar-refractivity contribution >= 4 is 35.6 Å². The number of nitrogens with one attached hydrogen (secondary N) is 4. The van der Waals surface area contributed by atoms with Gasteiger partial charge in [0.05, 0.1) is 18.9 Å². The molecule has 0 radical (unpaired) electrons. The van der Waals surface area contributed by atoms with Crippen LogP contribution in [-0.4, -0.2) is 81.6 Å². The molecule has 0 saturated carbocycles. The summed E-state index contributed by atoms with van der Waals surface area (Å²) in [6.45, 7) is 0.629. The Morgan fingerprint density at radius 1 is 0.917 bits per heavy atom. The van der Waals surface area contributed by atoms with E-state index in [1.165, 1.54) is 24.3 Å². The van der Waals surface area contributed by atoms with E-state index in [0.717, 1.165) is 6.42 Å². The molecule has 1 heterocycles. The highest BCUT2D eigenvalue weighted by Gasteiger charge is 2.33. The maximum absolute atomic E-state index is 13.1. The number of aliphatic carboxylic acids is 2. The average Bonchev–Trinajstić information content (AvgIpc) is 3.33. The first-order chi connectivity index (χ1) is 17.0. The number of amides is 4. The first kappa shape index (κ1) is 28.0. The number of benzene rings is 1. The van der Waals surface area contributed by atoms with Crippen molar-refractivity contribution in [2.75, 3.05) is 6.54 Å². The van der Waals surface area contributed by atoms with Gasteiger partial charge in [0.1, 0.15) is 23.9 Å². The van der Waals surface area contributed by atoms with Crippen molar-refractivity contribution in [1.29, 1.82) is 0 Å². The number of primary amides is 1. The summed E-state index contributed by atoms with van der Waals surface area (Å²) >= 11 is 0. The lowest BCUT2D eigenvalue weighted by atomic mass is 10.0. The van der Waals surface area contributed by atoms with Gasteiger partial charge >= 0.3 is 11.9 Å². The summed E-state index contributed by atoms with van der Waals surface area (Å²) in [5, 5.41) is 37.7. The Labute approximate surface area is 205 Å². The van der Waals surface area contributed by atoms with E-state index in [2.05, 4.69) is 16.0 Å². The summed E-state index contributed by atoms with van der Waals surface area (Å²) in [6.07, 6.45) is -0.373. The second kappa shape index (κ2) is 13.0. The fourth-order valence-corrected chi connectivity index (χ4v) is 3.59. The molecule has 1 aromatic rings. The minimum Gasteiger partial charge on any atom is -0.508 e. The molecule has 1 aromatic carbocycles. The maximum atomic E-state index is 13.1. The minimum absolute atomic E-state index is 0.0129. The molecule has 1 fully saturated rings. The SMILES string of the molecule is NC(=O)CC(NC(=O)C(CC(=O)O)NC(=O)C(Cc1ccc(O)cc1)NC(=O)C1CCCN1)C(=O)O. The molecule has 2 rings (SSSR count). The summed E-state index contributed by atoms with van der Waals surface area (Å²) < 4.78 is 0. The normalized spacial score (nSPS) is 17.3. The van der Waals surface area contributed by atoms with Crippen LogP contribution in [0.25, 0.3) is 0 Å². The summed E-state index contributed by atoms with van der Waals surface area (Å²) in [5.74, 6) is -6.59. The number of carbonyl (C=O) groups excluding carboxylic acids is 4. The van der Waals surface area contributed by atoms with E-state index in [0.29, 0.717) is 18.5 Å². The van der Waals surface area contributed by atoms with Crippen LogP contribution in [-0.2, 0) is 35.2 Å². The van der Waals surface area contributed by atoms with Crippen LogP contribution in [0.4, 0.5) is 0 Å². The number of hydrogen-bond acceptors (Lipinski definition) is 8. The fraction of sp³-hybridized carbons (Fsp3) is 0.455. The highest BCUT2D eigenvalue weighted by Crippen LogP contribution is 2.13. The van der Waals surface area contributed by atoms with Gasteiger partial charge in [0, 0.05) is 6.42 Å². The zero-order chi connectivity index (χ0) is 26.8. The molecule has 0 aromatic heterocycles. The molecule has 14 heteroatoms. The number of carbonyl (C=O) groups is 6. The van der Waals surface area contributed by atoms with Gasteiger partial charge in [-0.25, -0.2) is 4.79 Å². The number of carboxylic acids is 2. The van der Waals surface area contributed by atoms with Crippen LogP contribution < -0.4 is 27.0 Å². The predicted octanol–water partition coefficient (Wildman–Crippen LogP) is -2.42. The summed E-state index contributed by atoms with van der Waals surface area (Å²) in [6, 6.07) is 0.624. The van der Waals surface area contributed by atoms with Crippen LogP contribution in [0.3, 0.4) is 0 Å². The third kappa shape index (κ3) is 8.87. The van der Waals surface area contributed by atoms with Crippen molar-refractivity contribution < 1.29 is 44.1 Å². The molecular formula is C22H29N5O9. The third-order valence-electron chi connectivity index (χ3n) is 5.42. The first-order valence-corrected chi connectivity index (χ1v) is 11.1. The topological polar surface area (TPSA) is 237 Å². The smallest absolute Gasteiger partial charge is 0.326 e.